The summed E-state index contributed by atoms with van der Waals surface area (Å²) in [7, 11) is -4.88. The van der Waals surface area contributed by atoms with Gasteiger partial charge in [-0.15, -0.1) is 0 Å². The SMILES string of the molecule is C[C@H](C(=O)OS(=O)(=O)O)c1ccc(-c2ccccc2)c(F)c1. The van der Waals surface area contributed by atoms with Crippen molar-refractivity contribution < 1.29 is 26.3 Å². The summed E-state index contributed by atoms with van der Waals surface area (Å²) in [6.45, 7) is 1.35. The molecule has 116 valence electrons. The van der Waals surface area contributed by atoms with E-state index in [9.17, 15) is 17.6 Å². The van der Waals surface area contributed by atoms with E-state index in [2.05, 4.69) is 4.18 Å². The van der Waals surface area contributed by atoms with E-state index in [4.69, 9.17) is 4.55 Å². The van der Waals surface area contributed by atoms with Gasteiger partial charge >= 0.3 is 16.4 Å². The molecule has 2 aromatic carbocycles. The fourth-order valence-electron chi connectivity index (χ4n) is 1.96. The highest BCUT2D eigenvalue weighted by Gasteiger charge is 2.23. The molecule has 0 heterocycles. The minimum absolute atomic E-state index is 0.242. The second-order valence-corrected chi connectivity index (χ2v) is 5.68. The molecule has 0 bridgehead atoms. The molecule has 2 rings (SSSR count). The molecule has 0 amide bonds. The molecule has 5 nitrogen and oxygen atoms in total. The van der Waals surface area contributed by atoms with Crippen LogP contribution in [-0.4, -0.2) is 18.9 Å². The van der Waals surface area contributed by atoms with E-state index in [1.165, 1.54) is 19.1 Å². The lowest BCUT2D eigenvalue weighted by Gasteiger charge is -2.11. The monoisotopic (exact) mass is 324 g/mol. The van der Waals surface area contributed by atoms with Gasteiger partial charge in [0.15, 0.2) is 0 Å². The highest BCUT2D eigenvalue weighted by atomic mass is 32.3. The van der Waals surface area contributed by atoms with Crippen LogP contribution < -0.4 is 0 Å². The summed E-state index contributed by atoms with van der Waals surface area (Å²) >= 11 is 0. The molecule has 0 aliphatic rings. The molecular formula is C15H13FO5S. The molecule has 0 unspecified atom stereocenters. The van der Waals surface area contributed by atoms with Crippen molar-refractivity contribution in [2.75, 3.05) is 0 Å². The van der Waals surface area contributed by atoms with Crippen molar-refractivity contribution in [3.05, 3.63) is 59.9 Å². The van der Waals surface area contributed by atoms with Crippen molar-refractivity contribution in [2.24, 2.45) is 0 Å². The van der Waals surface area contributed by atoms with E-state index in [-0.39, 0.29) is 5.56 Å². The highest BCUT2D eigenvalue weighted by molar-refractivity contribution is 7.81. The van der Waals surface area contributed by atoms with Crippen molar-refractivity contribution in [1.29, 1.82) is 0 Å². The largest absolute Gasteiger partial charge is 0.448 e. The van der Waals surface area contributed by atoms with Gasteiger partial charge in [-0.2, -0.15) is 8.42 Å². The zero-order valence-electron chi connectivity index (χ0n) is 11.6. The van der Waals surface area contributed by atoms with E-state index in [0.29, 0.717) is 11.1 Å². The quantitative estimate of drug-likeness (QED) is 0.875. The van der Waals surface area contributed by atoms with Gasteiger partial charge in [0.25, 0.3) is 0 Å². The lowest BCUT2D eigenvalue weighted by molar-refractivity contribution is -0.135. The third-order valence-corrected chi connectivity index (χ3v) is 3.49. The Hall–Kier alpha value is -2.25. The molecule has 22 heavy (non-hydrogen) atoms. The summed E-state index contributed by atoms with van der Waals surface area (Å²) in [5.74, 6) is -2.77. The van der Waals surface area contributed by atoms with Gasteiger partial charge in [-0.05, 0) is 24.1 Å². The van der Waals surface area contributed by atoms with Crippen LogP contribution in [0.25, 0.3) is 11.1 Å². The smallest absolute Gasteiger partial charge is 0.324 e. The van der Waals surface area contributed by atoms with Crippen LogP contribution in [-0.2, 0) is 19.4 Å². The van der Waals surface area contributed by atoms with Crippen LogP contribution in [0, 0.1) is 5.82 Å². The van der Waals surface area contributed by atoms with Crippen molar-refractivity contribution in [3.8, 4) is 11.1 Å². The molecular weight excluding hydrogens is 311 g/mol. The topological polar surface area (TPSA) is 80.7 Å². The Bertz CT molecular complexity index is 787. The Morgan fingerprint density at radius 2 is 1.82 bits per heavy atom. The molecule has 1 N–H and O–H groups in total. The van der Waals surface area contributed by atoms with E-state index < -0.39 is 28.1 Å². The minimum atomic E-state index is -4.88. The standard InChI is InChI=1S/C15H13FO5S/c1-10(15(17)21-22(18,19)20)12-7-8-13(14(16)9-12)11-5-3-2-4-6-11/h2-10H,1H3,(H,18,19,20)/t10-/m0/s1. The number of benzene rings is 2. The van der Waals surface area contributed by atoms with Gasteiger partial charge in [-0.1, -0.05) is 42.5 Å². The lowest BCUT2D eigenvalue weighted by Crippen LogP contribution is -2.17. The molecule has 0 aromatic heterocycles. The number of carbonyl (C=O) groups excluding carboxylic acids is 1. The predicted octanol–water partition coefficient (Wildman–Crippen LogP) is 2.94. The summed E-state index contributed by atoms with van der Waals surface area (Å²) in [4.78, 5) is 11.5. The van der Waals surface area contributed by atoms with Gasteiger partial charge in [0, 0.05) is 5.56 Å². The first kappa shape index (κ1) is 16.1. The summed E-state index contributed by atoms with van der Waals surface area (Å²) in [5.41, 5.74) is 1.28. The Morgan fingerprint density at radius 1 is 1.18 bits per heavy atom. The van der Waals surface area contributed by atoms with Crippen LogP contribution in [0.1, 0.15) is 18.4 Å². The number of hydrogen-bond donors (Lipinski definition) is 1. The predicted molar refractivity (Wildman–Crippen MR) is 77.9 cm³/mol. The molecule has 0 aliphatic heterocycles. The second-order valence-electron chi connectivity index (χ2n) is 4.66. The average molecular weight is 324 g/mol. The van der Waals surface area contributed by atoms with Crippen molar-refractivity contribution >= 4 is 16.4 Å². The van der Waals surface area contributed by atoms with Crippen LogP contribution in [0.5, 0.6) is 0 Å². The van der Waals surface area contributed by atoms with Gasteiger partial charge in [-0.3, -0.25) is 9.35 Å². The first-order chi connectivity index (χ1) is 10.3. The molecule has 7 heteroatoms. The Balaban J connectivity index is 2.28. The maximum atomic E-state index is 14.2. The fraction of sp³-hybridized carbons (Fsp3) is 0.133. The van der Waals surface area contributed by atoms with Gasteiger partial charge < -0.3 is 4.18 Å². The van der Waals surface area contributed by atoms with Crippen LogP contribution in [0.4, 0.5) is 4.39 Å². The van der Waals surface area contributed by atoms with Crippen molar-refractivity contribution in [1.82, 2.24) is 0 Å². The molecule has 1 atom stereocenters. The molecule has 0 saturated carbocycles. The Morgan fingerprint density at radius 3 is 2.36 bits per heavy atom. The van der Waals surface area contributed by atoms with Gasteiger partial charge in [0.05, 0.1) is 5.92 Å². The second kappa shape index (κ2) is 6.25. The van der Waals surface area contributed by atoms with Crippen molar-refractivity contribution in [2.45, 2.75) is 12.8 Å². The third kappa shape index (κ3) is 3.90. The first-order valence-electron chi connectivity index (χ1n) is 6.33. The molecule has 0 fully saturated rings. The third-order valence-electron chi connectivity index (χ3n) is 3.12. The first-order valence-corrected chi connectivity index (χ1v) is 7.70. The summed E-state index contributed by atoms with van der Waals surface area (Å²) in [6.07, 6.45) is 0. The van der Waals surface area contributed by atoms with Crippen molar-refractivity contribution in [3.63, 3.8) is 0 Å². The molecule has 0 radical (unpaired) electrons. The number of carbonyl (C=O) groups is 1. The maximum Gasteiger partial charge on any atom is 0.448 e. The zero-order valence-corrected chi connectivity index (χ0v) is 12.4. The van der Waals surface area contributed by atoms with Gasteiger partial charge in [0.1, 0.15) is 5.82 Å². The van der Waals surface area contributed by atoms with Gasteiger partial charge in [-0.25, -0.2) is 4.39 Å². The molecule has 0 aliphatic carbocycles. The van der Waals surface area contributed by atoms with E-state index in [1.54, 1.807) is 24.3 Å². The van der Waals surface area contributed by atoms with Gasteiger partial charge in [0.2, 0.25) is 0 Å². The minimum Gasteiger partial charge on any atom is -0.324 e. The van der Waals surface area contributed by atoms with E-state index >= 15 is 0 Å². The van der Waals surface area contributed by atoms with Crippen LogP contribution in [0.2, 0.25) is 0 Å². The molecule has 0 spiro atoms. The Labute approximate surface area is 127 Å². The molecule has 0 saturated heterocycles. The maximum absolute atomic E-state index is 14.2. The summed E-state index contributed by atoms with van der Waals surface area (Å²) < 4.78 is 47.6. The normalized spacial score (nSPS) is 12.7. The summed E-state index contributed by atoms with van der Waals surface area (Å²) in [6, 6.07) is 13.0. The Kier molecular flexibility index (Phi) is 4.58. The number of rotatable bonds is 4. The fourth-order valence-corrected chi connectivity index (χ4v) is 2.32. The number of hydrogen-bond acceptors (Lipinski definition) is 4. The average Bonchev–Trinajstić information content (AvgIpc) is 2.45. The van der Waals surface area contributed by atoms with Crippen LogP contribution in [0.3, 0.4) is 0 Å². The highest BCUT2D eigenvalue weighted by Crippen LogP contribution is 2.26. The summed E-state index contributed by atoms with van der Waals surface area (Å²) in [5, 5.41) is 0. The van der Waals surface area contributed by atoms with E-state index in [1.807, 2.05) is 6.07 Å². The lowest BCUT2D eigenvalue weighted by atomic mass is 9.97. The molecule has 2 aromatic rings. The van der Waals surface area contributed by atoms with Crippen LogP contribution in [0.15, 0.2) is 48.5 Å². The zero-order chi connectivity index (χ0) is 16.3. The number of halogens is 1. The van der Waals surface area contributed by atoms with Crippen LogP contribution >= 0.6 is 0 Å². The van der Waals surface area contributed by atoms with E-state index in [0.717, 1.165) is 6.07 Å².